The molecular formula is C23H22FNO3. The average Bonchev–Trinajstić information content (AvgIpc) is 2.62. The number of amides is 1. The molecule has 1 amide bonds. The van der Waals surface area contributed by atoms with Gasteiger partial charge < -0.3 is 5.11 Å². The number of nitrogens with zero attached hydrogens (tertiary/aromatic N) is 1. The number of phenolic OH excluding ortho intramolecular Hbond substituents is 1. The third-order valence-electron chi connectivity index (χ3n) is 5.52. The molecule has 1 heterocycles. The molecule has 0 aromatic heterocycles. The van der Waals surface area contributed by atoms with Crippen LogP contribution in [0.3, 0.4) is 0 Å². The van der Waals surface area contributed by atoms with Crippen LogP contribution in [0.4, 0.5) is 10.1 Å². The SMILES string of the molecule is CC1(C)CC(=O)C2=C(C1)N(c1ccc(F)cc1)C(=O)CC2c1ccc(O)cc1. The number of hydrogen-bond donors (Lipinski definition) is 1. The van der Waals surface area contributed by atoms with Crippen LogP contribution in [0.2, 0.25) is 0 Å². The zero-order chi connectivity index (χ0) is 20.1. The van der Waals surface area contributed by atoms with E-state index in [9.17, 15) is 19.1 Å². The van der Waals surface area contributed by atoms with Gasteiger partial charge in [0, 0.05) is 35.7 Å². The van der Waals surface area contributed by atoms with Crippen molar-refractivity contribution in [1.82, 2.24) is 0 Å². The van der Waals surface area contributed by atoms with E-state index in [0.29, 0.717) is 29.8 Å². The molecule has 0 saturated carbocycles. The van der Waals surface area contributed by atoms with Crippen LogP contribution in [0.15, 0.2) is 59.8 Å². The predicted molar refractivity (Wildman–Crippen MR) is 104 cm³/mol. The van der Waals surface area contributed by atoms with Crippen molar-refractivity contribution < 1.29 is 19.1 Å². The molecule has 0 bridgehead atoms. The van der Waals surface area contributed by atoms with Crippen molar-refractivity contribution in [2.75, 3.05) is 4.90 Å². The van der Waals surface area contributed by atoms with Crippen molar-refractivity contribution >= 4 is 17.4 Å². The maximum absolute atomic E-state index is 13.4. The fraction of sp³-hybridized carbons (Fsp3) is 0.304. The van der Waals surface area contributed by atoms with Gasteiger partial charge in [0.2, 0.25) is 5.91 Å². The molecule has 1 unspecified atom stereocenters. The number of ketones is 1. The highest BCUT2D eigenvalue weighted by molar-refractivity contribution is 6.07. The molecule has 5 heteroatoms. The van der Waals surface area contributed by atoms with Crippen molar-refractivity contribution in [2.45, 2.75) is 39.0 Å². The van der Waals surface area contributed by atoms with E-state index < -0.39 is 0 Å². The first-order valence-corrected chi connectivity index (χ1v) is 9.39. The minimum Gasteiger partial charge on any atom is -0.508 e. The normalized spacial score (nSPS) is 21.7. The Morgan fingerprint density at radius 2 is 1.64 bits per heavy atom. The molecule has 1 N–H and O–H groups in total. The highest BCUT2D eigenvalue weighted by Crippen LogP contribution is 2.48. The van der Waals surface area contributed by atoms with Gasteiger partial charge in [-0.05, 0) is 53.8 Å². The fourth-order valence-corrected chi connectivity index (χ4v) is 4.30. The number of hydrogen-bond acceptors (Lipinski definition) is 3. The maximum Gasteiger partial charge on any atom is 0.232 e. The Morgan fingerprint density at radius 3 is 2.29 bits per heavy atom. The van der Waals surface area contributed by atoms with Gasteiger partial charge in [-0.2, -0.15) is 0 Å². The van der Waals surface area contributed by atoms with Crippen LogP contribution in [-0.2, 0) is 9.59 Å². The second-order valence-electron chi connectivity index (χ2n) is 8.36. The van der Waals surface area contributed by atoms with Crippen LogP contribution in [0.5, 0.6) is 5.75 Å². The topological polar surface area (TPSA) is 57.6 Å². The summed E-state index contributed by atoms with van der Waals surface area (Å²) in [5, 5.41) is 9.59. The summed E-state index contributed by atoms with van der Waals surface area (Å²) in [6.45, 7) is 4.04. The Labute approximate surface area is 163 Å². The van der Waals surface area contributed by atoms with Crippen LogP contribution in [0.25, 0.3) is 0 Å². The monoisotopic (exact) mass is 379 g/mol. The van der Waals surface area contributed by atoms with E-state index in [0.717, 1.165) is 5.56 Å². The van der Waals surface area contributed by atoms with Crippen LogP contribution < -0.4 is 4.90 Å². The van der Waals surface area contributed by atoms with E-state index >= 15 is 0 Å². The minimum absolute atomic E-state index is 0.0453. The molecule has 2 aromatic carbocycles. The van der Waals surface area contributed by atoms with Gasteiger partial charge in [-0.15, -0.1) is 0 Å². The van der Waals surface area contributed by atoms with E-state index in [1.54, 1.807) is 41.3 Å². The lowest BCUT2D eigenvalue weighted by atomic mass is 9.69. The van der Waals surface area contributed by atoms with Crippen molar-refractivity contribution in [3.8, 4) is 5.75 Å². The Balaban J connectivity index is 1.88. The number of carbonyl (C=O) groups is 2. The number of anilines is 1. The highest BCUT2D eigenvalue weighted by Gasteiger charge is 2.44. The van der Waals surface area contributed by atoms with E-state index in [1.807, 2.05) is 13.8 Å². The van der Waals surface area contributed by atoms with Crippen molar-refractivity contribution in [2.24, 2.45) is 5.41 Å². The summed E-state index contributed by atoms with van der Waals surface area (Å²) < 4.78 is 13.4. The summed E-state index contributed by atoms with van der Waals surface area (Å²) in [5.74, 6) is -0.630. The molecule has 1 aliphatic carbocycles. The Hall–Kier alpha value is -2.95. The summed E-state index contributed by atoms with van der Waals surface area (Å²) in [6, 6.07) is 12.5. The first kappa shape index (κ1) is 18.4. The van der Waals surface area contributed by atoms with Crippen molar-refractivity contribution in [3.63, 3.8) is 0 Å². The molecule has 1 aliphatic heterocycles. The van der Waals surface area contributed by atoms with Crippen LogP contribution >= 0.6 is 0 Å². The predicted octanol–water partition coefficient (Wildman–Crippen LogP) is 4.70. The third kappa shape index (κ3) is 3.21. The second kappa shape index (κ2) is 6.59. The molecule has 28 heavy (non-hydrogen) atoms. The summed E-state index contributed by atoms with van der Waals surface area (Å²) in [4.78, 5) is 27.9. The highest BCUT2D eigenvalue weighted by atomic mass is 19.1. The number of allylic oxidation sites excluding steroid dienone is 2. The average molecular weight is 379 g/mol. The third-order valence-corrected chi connectivity index (χ3v) is 5.52. The molecule has 0 fully saturated rings. The van der Waals surface area contributed by atoms with E-state index in [-0.39, 0.29) is 41.0 Å². The summed E-state index contributed by atoms with van der Waals surface area (Å²) >= 11 is 0. The van der Waals surface area contributed by atoms with Crippen LogP contribution in [-0.4, -0.2) is 16.8 Å². The molecule has 4 nitrogen and oxygen atoms in total. The number of Topliss-reactive ketones (excluding diaryl/α,β-unsaturated/α-hetero) is 1. The van der Waals surface area contributed by atoms with E-state index in [1.165, 1.54) is 12.1 Å². The molecule has 4 rings (SSSR count). The van der Waals surface area contributed by atoms with Gasteiger partial charge in [-0.3, -0.25) is 14.5 Å². The van der Waals surface area contributed by atoms with Gasteiger partial charge >= 0.3 is 0 Å². The number of rotatable bonds is 2. The molecule has 2 aliphatic rings. The lowest BCUT2D eigenvalue weighted by Crippen LogP contribution is -2.43. The van der Waals surface area contributed by atoms with Crippen LogP contribution in [0, 0.1) is 11.2 Å². The quantitative estimate of drug-likeness (QED) is 0.823. The minimum atomic E-state index is -0.371. The summed E-state index contributed by atoms with van der Waals surface area (Å²) in [7, 11) is 0. The number of benzene rings is 2. The number of phenols is 1. The van der Waals surface area contributed by atoms with Crippen molar-refractivity contribution in [3.05, 3.63) is 71.2 Å². The zero-order valence-electron chi connectivity index (χ0n) is 15.9. The van der Waals surface area contributed by atoms with E-state index in [2.05, 4.69) is 0 Å². The smallest absolute Gasteiger partial charge is 0.232 e. The first-order chi connectivity index (χ1) is 13.2. The molecule has 144 valence electrons. The van der Waals surface area contributed by atoms with Crippen LogP contribution in [0.1, 0.15) is 44.6 Å². The molecule has 0 radical (unpaired) electrons. The number of aromatic hydroxyl groups is 1. The van der Waals surface area contributed by atoms with E-state index in [4.69, 9.17) is 0 Å². The van der Waals surface area contributed by atoms with Gasteiger partial charge in [-0.25, -0.2) is 4.39 Å². The van der Waals surface area contributed by atoms with Gasteiger partial charge in [0.1, 0.15) is 11.6 Å². The Morgan fingerprint density at radius 1 is 1.00 bits per heavy atom. The molecule has 1 atom stereocenters. The van der Waals surface area contributed by atoms with Crippen molar-refractivity contribution in [1.29, 1.82) is 0 Å². The molecular weight excluding hydrogens is 357 g/mol. The summed E-state index contributed by atoms with van der Waals surface area (Å²) in [6.07, 6.45) is 1.17. The van der Waals surface area contributed by atoms with Gasteiger partial charge in [-0.1, -0.05) is 26.0 Å². The second-order valence-corrected chi connectivity index (χ2v) is 8.36. The lowest BCUT2D eigenvalue weighted by Gasteiger charge is -2.43. The fourth-order valence-electron chi connectivity index (χ4n) is 4.30. The van der Waals surface area contributed by atoms with Gasteiger partial charge in [0.05, 0.1) is 0 Å². The molecule has 0 saturated heterocycles. The largest absolute Gasteiger partial charge is 0.508 e. The zero-order valence-corrected chi connectivity index (χ0v) is 15.9. The lowest BCUT2D eigenvalue weighted by molar-refractivity contribution is -0.121. The van der Waals surface area contributed by atoms with Gasteiger partial charge in [0.25, 0.3) is 0 Å². The van der Waals surface area contributed by atoms with Gasteiger partial charge in [0.15, 0.2) is 5.78 Å². The summed E-state index contributed by atoms with van der Waals surface area (Å²) in [5.41, 5.74) is 2.53. The Kier molecular flexibility index (Phi) is 4.33. The number of carbonyl (C=O) groups excluding carboxylic acids is 2. The standard InChI is InChI=1S/C23H22FNO3/c1-23(2)12-19-22(20(27)13-23)18(14-3-9-17(26)10-4-14)11-21(28)25(19)16-7-5-15(24)6-8-16/h3-10,18,26H,11-13H2,1-2H3. The first-order valence-electron chi connectivity index (χ1n) is 9.39. The Bertz CT molecular complexity index is 974. The molecule has 0 spiro atoms. The molecule has 2 aromatic rings. The number of halogens is 1. The maximum atomic E-state index is 13.4.